The Hall–Kier alpha value is -2.33. The SMILES string of the molecule is O=C(Cc1ccc(Cl)cc1)N1CC(=O)N2CCc3ccccc3[C@@H]2C1. The Labute approximate surface area is 152 Å². The van der Waals surface area contributed by atoms with Gasteiger partial charge in [-0.15, -0.1) is 0 Å². The first kappa shape index (κ1) is 16.2. The maximum atomic E-state index is 12.7. The van der Waals surface area contributed by atoms with E-state index in [0.717, 1.165) is 18.5 Å². The van der Waals surface area contributed by atoms with E-state index in [-0.39, 0.29) is 24.4 Å². The summed E-state index contributed by atoms with van der Waals surface area (Å²) in [6.07, 6.45) is 1.18. The molecule has 1 saturated heterocycles. The molecular weight excluding hydrogens is 336 g/mol. The van der Waals surface area contributed by atoms with Crippen LogP contribution in [0.15, 0.2) is 48.5 Å². The molecule has 0 unspecified atom stereocenters. The van der Waals surface area contributed by atoms with Crippen molar-refractivity contribution < 1.29 is 9.59 Å². The molecule has 0 saturated carbocycles. The average Bonchev–Trinajstić information content (AvgIpc) is 2.63. The number of fused-ring (bicyclic) bond motifs is 3. The van der Waals surface area contributed by atoms with Crippen molar-refractivity contribution in [2.24, 2.45) is 0 Å². The minimum Gasteiger partial charge on any atom is -0.332 e. The summed E-state index contributed by atoms with van der Waals surface area (Å²) in [6, 6.07) is 15.5. The van der Waals surface area contributed by atoms with E-state index in [0.29, 0.717) is 18.0 Å². The van der Waals surface area contributed by atoms with Crippen LogP contribution < -0.4 is 0 Å². The van der Waals surface area contributed by atoms with Crippen LogP contribution in [0.25, 0.3) is 0 Å². The summed E-state index contributed by atoms with van der Waals surface area (Å²) in [6.45, 7) is 1.47. The van der Waals surface area contributed by atoms with Gasteiger partial charge in [-0.3, -0.25) is 9.59 Å². The minimum atomic E-state index is -0.0274. The van der Waals surface area contributed by atoms with Gasteiger partial charge in [0.2, 0.25) is 11.8 Å². The Kier molecular flexibility index (Phi) is 4.22. The highest BCUT2D eigenvalue weighted by molar-refractivity contribution is 6.30. The molecule has 2 aliphatic heterocycles. The summed E-state index contributed by atoms with van der Waals surface area (Å²) in [7, 11) is 0. The molecule has 0 N–H and O–H groups in total. The molecule has 2 aromatic carbocycles. The Balaban J connectivity index is 1.54. The van der Waals surface area contributed by atoms with Crippen molar-refractivity contribution in [3.05, 3.63) is 70.2 Å². The quantitative estimate of drug-likeness (QED) is 0.832. The lowest BCUT2D eigenvalue weighted by Crippen LogP contribution is -2.55. The normalized spacial score (nSPS) is 19.4. The molecule has 1 fully saturated rings. The highest BCUT2D eigenvalue weighted by Crippen LogP contribution is 2.33. The van der Waals surface area contributed by atoms with E-state index in [1.165, 1.54) is 11.1 Å². The van der Waals surface area contributed by atoms with E-state index in [1.807, 2.05) is 29.2 Å². The van der Waals surface area contributed by atoms with E-state index in [2.05, 4.69) is 12.1 Å². The summed E-state index contributed by atoms with van der Waals surface area (Å²) < 4.78 is 0. The van der Waals surface area contributed by atoms with Gasteiger partial charge in [-0.05, 0) is 35.2 Å². The molecule has 5 heteroatoms. The van der Waals surface area contributed by atoms with Crippen LogP contribution in [-0.2, 0) is 22.4 Å². The molecule has 2 aromatic rings. The van der Waals surface area contributed by atoms with Crippen LogP contribution in [-0.4, -0.2) is 41.2 Å². The number of nitrogens with zero attached hydrogens (tertiary/aromatic N) is 2. The molecule has 2 aliphatic rings. The van der Waals surface area contributed by atoms with Gasteiger partial charge in [-0.2, -0.15) is 0 Å². The molecule has 0 radical (unpaired) electrons. The second kappa shape index (κ2) is 6.52. The molecular formula is C20H19ClN2O2. The third-order valence-electron chi connectivity index (χ3n) is 5.07. The lowest BCUT2D eigenvalue weighted by Gasteiger charge is -2.44. The summed E-state index contributed by atoms with van der Waals surface area (Å²) in [4.78, 5) is 28.9. The van der Waals surface area contributed by atoms with Gasteiger partial charge in [0.25, 0.3) is 0 Å². The first-order valence-corrected chi connectivity index (χ1v) is 8.89. The predicted octanol–water partition coefficient (Wildman–Crippen LogP) is 2.85. The molecule has 0 bridgehead atoms. The topological polar surface area (TPSA) is 40.6 Å². The van der Waals surface area contributed by atoms with Crippen molar-refractivity contribution in [3.63, 3.8) is 0 Å². The number of rotatable bonds is 2. The molecule has 0 aromatic heterocycles. The van der Waals surface area contributed by atoms with Crippen molar-refractivity contribution in [1.29, 1.82) is 0 Å². The standard InChI is InChI=1S/C20H19ClN2O2/c21-16-7-5-14(6-8-16)11-19(24)22-12-18-17-4-2-1-3-15(17)9-10-23(18)20(25)13-22/h1-8,18H,9-13H2/t18-/m0/s1. The van der Waals surface area contributed by atoms with Crippen molar-refractivity contribution in [2.75, 3.05) is 19.6 Å². The number of hydrogen-bond acceptors (Lipinski definition) is 2. The number of amides is 2. The van der Waals surface area contributed by atoms with Gasteiger partial charge in [-0.25, -0.2) is 0 Å². The van der Waals surface area contributed by atoms with Crippen LogP contribution in [0.4, 0.5) is 0 Å². The molecule has 4 nitrogen and oxygen atoms in total. The zero-order valence-electron chi connectivity index (χ0n) is 13.8. The summed E-state index contributed by atoms with van der Waals surface area (Å²) in [5, 5.41) is 0.652. The van der Waals surface area contributed by atoms with Crippen LogP contribution in [0, 0.1) is 0 Å². The molecule has 0 aliphatic carbocycles. The van der Waals surface area contributed by atoms with Crippen molar-refractivity contribution >= 4 is 23.4 Å². The first-order valence-electron chi connectivity index (χ1n) is 8.51. The molecule has 25 heavy (non-hydrogen) atoms. The summed E-state index contributed by atoms with van der Waals surface area (Å²) in [5.41, 5.74) is 3.36. The second-order valence-corrected chi connectivity index (χ2v) is 7.07. The monoisotopic (exact) mass is 354 g/mol. The first-order chi connectivity index (χ1) is 12.1. The molecule has 2 amide bonds. The molecule has 2 heterocycles. The smallest absolute Gasteiger partial charge is 0.242 e. The predicted molar refractivity (Wildman–Crippen MR) is 96.3 cm³/mol. The zero-order valence-corrected chi connectivity index (χ0v) is 14.6. The fourth-order valence-electron chi connectivity index (χ4n) is 3.75. The van der Waals surface area contributed by atoms with Crippen molar-refractivity contribution in [2.45, 2.75) is 18.9 Å². The van der Waals surface area contributed by atoms with Gasteiger partial charge in [0.1, 0.15) is 0 Å². The zero-order chi connectivity index (χ0) is 17.4. The Morgan fingerprint density at radius 3 is 2.68 bits per heavy atom. The van der Waals surface area contributed by atoms with Crippen LogP contribution in [0.3, 0.4) is 0 Å². The van der Waals surface area contributed by atoms with E-state index in [1.54, 1.807) is 17.0 Å². The van der Waals surface area contributed by atoms with Crippen molar-refractivity contribution in [3.8, 4) is 0 Å². The fourth-order valence-corrected chi connectivity index (χ4v) is 3.88. The number of piperazine rings is 1. The van der Waals surface area contributed by atoms with E-state index in [4.69, 9.17) is 11.6 Å². The van der Waals surface area contributed by atoms with E-state index >= 15 is 0 Å². The average molecular weight is 355 g/mol. The van der Waals surface area contributed by atoms with E-state index in [9.17, 15) is 9.59 Å². The lowest BCUT2D eigenvalue weighted by molar-refractivity contribution is -0.149. The summed E-state index contributed by atoms with van der Waals surface area (Å²) >= 11 is 5.89. The second-order valence-electron chi connectivity index (χ2n) is 6.63. The maximum Gasteiger partial charge on any atom is 0.242 e. The third-order valence-corrected chi connectivity index (χ3v) is 5.33. The van der Waals surface area contributed by atoms with Crippen LogP contribution in [0.1, 0.15) is 22.7 Å². The Bertz CT molecular complexity index is 819. The highest BCUT2D eigenvalue weighted by Gasteiger charge is 2.38. The van der Waals surface area contributed by atoms with Gasteiger partial charge in [0, 0.05) is 18.1 Å². The minimum absolute atomic E-state index is 0.0154. The molecule has 128 valence electrons. The van der Waals surface area contributed by atoms with E-state index < -0.39 is 0 Å². The Morgan fingerprint density at radius 2 is 1.88 bits per heavy atom. The lowest BCUT2D eigenvalue weighted by atomic mass is 9.90. The number of halogens is 1. The highest BCUT2D eigenvalue weighted by atomic mass is 35.5. The van der Waals surface area contributed by atoms with Gasteiger partial charge < -0.3 is 9.80 Å². The van der Waals surface area contributed by atoms with Gasteiger partial charge in [0.05, 0.1) is 19.0 Å². The van der Waals surface area contributed by atoms with Crippen LogP contribution >= 0.6 is 11.6 Å². The molecule has 1 atom stereocenters. The van der Waals surface area contributed by atoms with Crippen LogP contribution in [0.2, 0.25) is 5.02 Å². The van der Waals surface area contributed by atoms with Crippen molar-refractivity contribution in [1.82, 2.24) is 9.80 Å². The van der Waals surface area contributed by atoms with Crippen LogP contribution in [0.5, 0.6) is 0 Å². The fraction of sp³-hybridized carbons (Fsp3) is 0.300. The molecule has 4 rings (SSSR count). The Morgan fingerprint density at radius 1 is 1.12 bits per heavy atom. The van der Waals surface area contributed by atoms with Gasteiger partial charge in [-0.1, -0.05) is 48.0 Å². The maximum absolute atomic E-state index is 12.7. The largest absolute Gasteiger partial charge is 0.332 e. The number of benzene rings is 2. The molecule has 0 spiro atoms. The summed E-state index contributed by atoms with van der Waals surface area (Å²) in [5.74, 6) is 0.0218. The number of carbonyl (C=O) groups excluding carboxylic acids is 2. The third kappa shape index (κ3) is 3.14. The number of carbonyl (C=O) groups is 2. The van der Waals surface area contributed by atoms with Gasteiger partial charge >= 0.3 is 0 Å². The number of hydrogen-bond donors (Lipinski definition) is 0. The van der Waals surface area contributed by atoms with Gasteiger partial charge in [0.15, 0.2) is 0 Å².